The quantitative estimate of drug-likeness (QED) is 0.855. The van der Waals surface area contributed by atoms with Gasteiger partial charge >= 0.3 is 0 Å². The molecule has 0 fully saturated rings. The number of hydrogen-bond acceptors (Lipinski definition) is 3. The lowest BCUT2D eigenvalue weighted by Crippen LogP contribution is -2.17. The average Bonchev–Trinajstić information content (AvgIpc) is 2.86. The van der Waals surface area contributed by atoms with E-state index in [9.17, 15) is 0 Å². The summed E-state index contributed by atoms with van der Waals surface area (Å²) in [7, 11) is 0. The van der Waals surface area contributed by atoms with Gasteiger partial charge in [0.05, 0.1) is 5.69 Å². The molecule has 0 aliphatic heterocycles. The van der Waals surface area contributed by atoms with Crippen LogP contribution in [0.5, 0.6) is 0 Å². The molecule has 2 rings (SSSR count). The highest BCUT2D eigenvalue weighted by Crippen LogP contribution is 2.21. The van der Waals surface area contributed by atoms with Gasteiger partial charge in [-0.25, -0.2) is 0 Å². The summed E-state index contributed by atoms with van der Waals surface area (Å²) in [6.45, 7) is 7.38. The van der Waals surface area contributed by atoms with Crippen LogP contribution in [-0.2, 0) is 6.54 Å². The SMILES string of the molecule is Cc1cc(CNC(C)c2ccn[nH]2)sc1C. The molecule has 0 aliphatic carbocycles. The highest BCUT2D eigenvalue weighted by Gasteiger charge is 2.07. The predicted octanol–water partition coefficient (Wildman–Crippen LogP) is 2.94. The van der Waals surface area contributed by atoms with Gasteiger partial charge in [0.2, 0.25) is 0 Å². The maximum Gasteiger partial charge on any atom is 0.0518 e. The summed E-state index contributed by atoms with van der Waals surface area (Å²) >= 11 is 1.87. The first-order valence-corrected chi connectivity index (χ1v) is 6.27. The van der Waals surface area contributed by atoms with Gasteiger partial charge in [-0.15, -0.1) is 11.3 Å². The molecule has 16 heavy (non-hydrogen) atoms. The van der Waals surface area contributed by atoms with Crippen LogP contribution in [0.15, 0.2) is 18.3 Å². The lowest BCUT2D eigenvalue weighted by molar-refractivity contribution is 0.564. The third-order valence-corrected chi connectivity index (χ3v) is 3.94. The summed E-state index contributed by atoms with van der Waals surface area (Å²) in [4.78, 5) is 2.80. The number of nitrogens with zero attached hydrogens (tertiary/aromatic N) is 1. The third kappa shape index (κ3) is 2.51. The normalized spacial score (nSPS) is 12.9. The fourth-order valence-corrected chi connectivity index (χ4v) is 2.61. The number of rotatable bonds is 4. The Morgan fingerprint density at radius 3 is 2.88 bits per heavy atom. The molecule has 2 aromatic heterocycles. The molecule has 0 bridgehead atoms. The van der Waals surface area contributed by atoms with Gasteiger partial charge in [-0.3, -0.25) is 5.10 Å². The molecule has 2 N–H and O–H groups in total. The van der Waals surface area contributed by atoms with Crippen molar-refractivity contribution in [2.24, 2.45) is 0 Å². The van der Waals surface area contributed by atoms with Gasteiger partial charge in [0.25, 0.3) is 0 Å². The van der Waals surface area contributed by atoms with Crippen molar-refractivity contribution in [3.8, 4) is 0 Å². The van der Waals surface area contributed by atoms with E-state index in [1.807, 2.05) is 17.4 Å². The molecule has 0 aliphatic rings. The van der Waals surface area contributed by atoms with Crippen LogP contribution in [0.25, 0.3) is 0 Å². The molecule has 2 aromatic rings. The zero-order valence-electron chi connectivity index (χ0n) is 9.87. The first kappa shape index (κ1) is 11.4. The van der Waals surface area contributed by atoms with Crippen LogP contribution in [0.4, 0.5) is 0 Å². The molecule has 0 amide bonds. The summed E-state index contributed by atoms with van der Waals surface area (Å²) in [5.74, 6) is 0. The molecule has 4 heteroatoms. The monoisotopic (exact) mass is 235 g/mol. The number of aromatic amines is 1. The zero-order chi connectivity index (χ0) is 11.5. The van der Waals surface area contributed by atoms with Gasteiger partial charge in [-0.1, -0.05) is 0 Å². The van der Waals surface area contributed by atoms with E-state index in [-0.39, 0.29) is 0 Å². The van der Waals surface area contributed by atoms with Crippen LogP contribution in [-0.4, -0.2) is 10.2 Å². The Hall–Kier alpha value is -1.13. The molecule has 0 saturated carbocycles. The number of H-pyrrole nitrogens is 1. The summed E-state index contributed by atoms with van der Waals surface area (Å²) < 4.78 is 0. The van der Waals surface area contributed by atoms with E-state index >= 15 is 0 Å². The van der Waals surface area contributed by atoms with Crippen LogP contribution in [0.1, 0.15) is 34.0 Å². The van der Waals surface area contributed by atoms with Crippen molar-refractivity contribution in [3.63, 3.8) is 0 Å². The first-order chi connectivity index (χ1) is 7.66. The molecule has 86 valence electrons. The van der Waals surface area contributed by atoms with Gasteiger partial charge in [0.1, 0.15) is 0 Å². The zero-order valence-corrected chi connectivity index (χ0v) is 10.7. The topological polar surface area (TPSA) is 40.7 Å². The highest BCUT2D eigenvalue weighted by molar-refractivity contribution is 7.12. The number of hydrogen-bond donors (Lipinski definition) is 2. The molecule has 0 radical (unpaired) electrons. The molecular formula is C12H17N3S. The lowest BCUT2D eigenvalue weighted by Gasteiger charge is -2.10. The number of aromatic nitrogens is 2. The molecular weight excluding hydrogens is 218 g/mol. The van der Waals surface area contributed by atoms with Gasteiger partial charge in [0.15, 0.2) is 0 Å². The van der Waals surface area contributed by atoms with Crippen LogP contribution in [0.3, 0.4) is 0 Å². The van der Waals surface area contributed by atoms with Crippen molar-refractivity contribution in [2.75, 3.05) is 0 Å². The minimum Gasteiger partial charge on any atom is -0.304 e. The standard InChI is InChI=1S/C12H17N3S/c1-8-6-11(16-10(8)3)7-13-9(2)12-4-5-14-15-12/h4-6,9,13H,7H2,1-3H3,(H,14,15). The van der Waals surface area contributed by atoms with Crippen molar-refractivity contribution in [3.05, 3.63) is 39.3 Å². The van der Waals surface area contributed by atoms with E-state index in [2.05, 4.69) is 42.4 Å². The summed E-state index contributed by atoms with van der Waals surface area (Å²) in [5.41, 5.74) is 2.51. The minimum atomic E-state index is 0.310. The van der Waals surface area contributed by atoms with Crippen molar-refractivity contribution in [1.82, 2.24) is 15.5 Å². The second-order valence-electron chi connectivity index (χ2n) is 4.07. The lowest BCUT2D eigenvalue weighted by atomic mass is 10.2. The molecule has 1 unspecified atom stereocenters. The fraction of sp³-hybridized carbons (Fsp3) is 0.417. The first-order valence-electron chi connectivity index (χ1n) is 5.45. The van der Waals surface area contributed by atoms with Crippen LogP contribution < -0.4 is 5.32 Å². The van der Waals surface area contributed by atoms with E-state index in [1.165, 1.54) is 15.3 Å². The highest BCUT2D eigenvalue weighted by atomic mass is 32.1. The van der Waals surface area contributed by atoms with Crippen LogP contribution in [0.2, 0.25) is 0 Å². The van der Waals surface area contributed by atoms with Gasteiger partial charge in [-0.2, -0.15) is 5.10 Å². The Morgan fingerprint density at radius 2 is 2.31 bits per heavy atom. The van der Waals surface area contributed by atoms with Gasteiger partial charge < -0.3 is 5.32 Å². The van der Waals surface area contributed by atoms with Gasteiger partial charge in [0, 0.05) is 28.5 Å². The second kappa shape index (κ2) is 4.80. The van der Waals surface area contributed by atoms with Crippen molar-refractivity contribution < 1.29 is 0 Å². The minimum absolute atomic E-state index is 0.310. The summed E-state index contributed by atoms with van der Waals surface area (Å²) in [5, 5.41) is 10.4. The maximum absolute atomic E-state index is 3.95. The molecule has 0 aromatic carbocycles. The average molecular weight is 235 g/mol. The maximum atomic E-state index is 3.95. The van der Waals surface area contributed by atoms with Crippen molar-refractivity contribution in [1.29, 1.82) is 0 Å². The van der Waals surface area contributed by atoms with E-state index in [1.54, 1.807) is 6.20 Å². The largest absolute Gasteiger partial charge is 0.304 e. The number of nitrogens with one attached hydrogen (secondary N) is 2. The van der Waals surface area contributed by atoms with Crippen molar-refractivity contribution >= 4 is 11.3 Å². The van der Waals surface area contributed by atoms with Crippen LogP contribution >= 0.6 is 11.3 Å². The molecule has 0 saturated heterocycles. The van der Waals surface area contributed by atoms with E-state index in [0.29, 0.717) is 6.04 Å². The molecule has 1 atom stereocenters. The molecule has 2 heterocycles. The van der Waals surface area contributed by atoms with E-state index in [4.69, 9.17) is 0 Å². The van der Waals surface area contributed by atoms with Crippen molar-refractivity contribution in [2.45, 2.75) is 33.4 Å². The third-order valence-electron chi connectivity index (χ3n) is 2.79. The second-order valence-corrected chi connectivity index (χ2v) is 5.41. The number of aryl methyl sites for hydroxylation is 2. The smallest absolute Gasteiger partial charge is 0.0518 e. The Morgan fingerprint density at radius 1 is 1.50 bits per heavy atom. The summed E-state index contributed by atoms with van der Waals surface area (Å²) in [6.07, 6.45) is 1.78. The number of thiophene rings is 1. The Kier molecular flexibility index (Phi) is 3.41. The van der Waals surface area contributed by atoms with E-state index < -0.39 is 0 Å². The summed E-state index contributed by atoms with van der Waals surface area (Å²) in [6, 6.07) is 4.57. The fourth-order valence-electron chi connectivity index (χ4n) is 1.61. The molecule has 3 nitrogen and oxygen atoms in total. The molecule has 0 spiro atoms. The van der Waals surface area contributed by atoms with E-state index in [0.717, 1.165) is 12.2 Å². The Bertz CT molecular complexity index is 425. The predicted molar refractivity (Wildman–Crippen MR) is 67.6 cm³/mol. The van der Waals surface area contributed by atoms with Crippen LogP contribution in [0, 0.1) is 13.8 Å². The van der Waals surface area contributed by atoms with Gasteiger partial charge in [-0.05, 0) is 38.5 Å². The Labute approximate surface area is 99.9 Å². The Balaban J connectivity index is 1.92.